The predicted molar refractivity (Wildman–Crippen MR) is 59.6 cm³/mol. The molecule has 0 aliphatic rings. The standard InChI is InChI=1S/C12H19NO2/c1-9(2)12(15-3)11(14)8-10-4-6-13-7-5-10/h4-7,9,11-12,14H,8H2,1-3H3. The lowest BCUT2D eigenvalue weighted by Gasteiger charge is -2.24. The van der Waals surface area contributed by atoms with Gasteiger partial charge in [-0.15, -0.1) is 0 Å². The van der Waals surface area contributed by atoms with E-state index in [4.69, 9.17) is 4.74 Å². The van der Waals surface area contributed by atoms with Crippen LogP contribution in [0.1, 0.15) is 19.4 Å². The van der Waals surface area contributed by atoms with E-state index in [1.54, 1.807) is 19.5 Å². The average molecular weight is 209 g/mol. The highest BCUT2D eigenvalue weighted by Crippen LogP contribution is 2.14. The van der Waals surface area contributed by atoms with Crippen molar-refractivity contribution in [2.45, 2.75) is 32.5 Å². The minimum Gasteiger partial charge on any atom is -0.390 e. The van der Waals surface area contributed by atoms with Gasteiger partial charge in [0.15, 0.2) is 0 Å². The zero-order chi connectivity index (χ0) is 11.3. The number of aliphatic hydroxyl groups excluding tert-OH is 1. The maximum Gasteiger partial charge on any atom is 0.0856 e. The number of aromatic nitrogens is 1. The molecule has 15 heavy (non-hydrogen) atoms. The number of hydrogen-bond acceptors (Lipinski definition) is 3. The van der Waals surface area contributed by atoms with Gasteiger partial charge in [-0.3, -0.25) is 4.98 Å². The number of hydrogen-bond donors (Lipinski definition) is 1. The summed E-state index contributed by atoms with van der Waals surface area (Å²) in [5.41, 5.74) is 1.08. The van der Waals surface area contributed by atoms with Gasteiger partial charge in [-0.1, -0.05) is 13.8 Å². The Hall–Kier alpha value is -0.930. The summed E-state index contributed by atoms with van der Waals surface area (Å²) in [7, 11) is 1.64. The van der Waals surface area contributed by atoms with Crippen molar-refractivity contribution in [1.82, 2.24) is 4.98 Å². The Morgan fingerprint density at radius 1 is 1.33 bits per heavy atom. The van der Waals surface area contributed by atoms with Crippen LogP contribution >= 0.6 is 0 Å². The molecule has 0 spiro atoms. The normalized spacial score (nSPS) is 15.3. The van der Waals surface area contributed by atoms with Crippen LogP contribution in [0.5, 0.6) is 0 Å². The fourth-order valence-electron chi connectivity index (χ4n) is 1.75. The van der Waals surface area contributed by atoms with E-state index in [1.807, 2.05) is 26.0 Å². The summed E-state index contributed by atoms with van der Waals surface area (Å²) in [6.07, 6.45) is 3.51. The minimum absolute atomic E-state index is 0.113. The summed E-state index contributed by atoms with van der Waals surface area (Å²) in [4.78, 5) is 3.94. The van der Waals surface area contributed by atoms with Crippen molar-refractivity contribution in [2.24, 2.45) is 5.92 Å². The van der Waals surface area contributed by atoms with E-state index in [0.29, 0.717) is 12.3 Å². The first-order chi connectivity index (χ1) is 7.15. The van der Waals surface area contributed by atoms with E-state index in [9.17, 15) is 5.11 Å². The first kappa shape index (κ1) is 12.1. The van der Waals surface area contributed by atoms with Gasteiger partial charge in [-0.25, -0.2) is 0 Å². The number of nitrogens with zero attached hydrogens (tertiary/aromatic N) is 1. The van der Waals surface area contributed by atoms with Crippen LogP contribution in [0.3, 0.4) is 0 Å². The zero-order valence-electron chi connectivity index (χ0n) is 9.55. The third-order valence-corrected chi connectivity index (χ3v) is 2.50. The van der Waals surface area contributed by atoms with Gasteiger partial charge in [0.05, 0.1) is 12.2 Å². The Morgan fingerprint density at radius 2 is 1.93 bits per heavy atom. The number of aliphatic hydroxyl groups is 1. The average Bonchev–Trinajstić information content (AvgIpc) is 2.19. The summed E-state index contributed by atoms with van der Waals surface area (Å²) in [5.74, 6) is 0.312. The van der Waals surface area contributed by atoms with Crippen LogP contribution in [0.25, 0.3) is 0 Å². The highest BCUT2D eigenvalue weighted by molar-refractivity contribution is 5.11. The van der Waals surface area contributed by atoms with E-state index in [-0.39, 0.29) is 6.10 Å². The van der Waals surface area contributed by atoms with Crippen LogP contribution in [-0.4, -0.2) is 29.4 Å². The first-order valence-corrected chi connectivity index (χ1v) is 5.25. The van der Waals surface area contributed by atoms with Gasteiger partial charge in [-0.2, -0.15) is 0 Å². The molecule has 0 aromatic carbocycles. The summed E-state index contributed by atoms with van der Waals surface area (Å²) in [5, 5.41) is 9.99. The lowest BCUT2D eigenvalue weighted by Crippen LogP contribution is -2.34. The van der Waals surface area contributed by atoms with Gasteiger partial charge >= 0.3 is 0 Å². The second-order valence-corrected chi connectivity index (χ2v) is 4.07. The summed E-state index contributed by atoms with van der Waals surface area (Å²) in [6.45, 7) is 4.09. The molecule has 1 heterocycles. The molecular weight excluding hydrogens is 190 g/mol. The molecule has 1 aromatic rings. The van der Waals surface area contributed by atoms with Gasteiger partial charge in [0.1, 0.15) is 0 Å². The molecule has 2 atom stereocenters. The zero-order valence-corrected chi connectivity index (χ0v) is 9.55. The molecular formula is C12H19NO2. The van der Waals surface area contributed by atoms with Gasteiger partial charge in [-0.05, 0) is 23.6 Å². The van der Waals surface area contributed by atoms with Crippen molar-refractivity contribution < 1.29 is 9.84 Å². The van der Waals surface area contributed by atoms with E-state index < -0.39 is 6.10 Å². The SMILES string of the molecule is COC(C(C)C)C(O)Cc1ccncc1. The van der Waals surface area contributed by atoms with Crippen molar-refractivity contribution in [1.29, 1.82) is 0 Å². The molecule has 0 saturated heterocycles. The molecule has 0 aliphatic carbocycles. The fourth-order valence-corrected chi connectivity index (χ4v) is 1.75. The molecule has 2 unspecified atom stereocenters. The highest BCUT2D eigenvalue weighted by Gasteiger charge is 2.22. The van der Waals surface area contributed by atoms with Crippen LogP contribution in [0.2, 0.25) is 0 Å². The Bertz CT molecular complexity index is 274. The van der Waals surface area contributed by atoms with Crippen LogP contribution in [0, 0.1) is 5.92 Å². The van der Waals surface area contributed by atoms with Gasteiger partial charge in [0.2, 0.25) is 0 Å². The maximum absolute atomic E-state index is 9.99. The molecule has 0 radical (unpaired) electrons. The maximum atomic E-state index is 9.99. The number of pyridine rings is 1. The van der Waals surface area contributed by atoms with Crippen LogP contribution in [0.15, 0.2) is 24.5 Å². The molecule has 3 nitrogen and oxygen atoms in total. The lowest BCUT2D eigenvalue weighted by atomic mass is 9.97. The fraction of sp³-hybridized carbons (Fsp3) is 0.583. The van der Waals surface area contributed by atoms with Crippen LogP contribution < -0.4 is 0 Å². The summed E-state index contributed by atoms with van der Waals surface area (Å²) < 4.78 is 5.28. The van der Waals surface area contributed by atoms with Crippen molar-refractivity contribution >= 4 is 0 Å². The van der Waals surface area contributed by atoms with Gasteiger partial charge < -0.3 is 9.84 Å². The molecule has 1 rings (SSSR count). The van der Waals surface area contributed by atoms with Crippen molar-refractivity contribution in [3.63, 3.8) is 0 Å². The second kappa shape index (κ2) is 5.83. The van der Waals surface area contributed by atoms with Gasteiger partial charge in [0.25, 0.3) is 0 Å². The first-order valence-electron chi connectivity index (χ1n) is 5.25. The van der Waals surface area contributed by atoms with Gasteiger partial charge in [0, 0.05) is 25.9 Å². The molecule has 1 N–H and O–H groups in total. The molecule has 0 aliphatic heterocycles. The van der Waals surface area contributed by atoms with Crippen LogP contribution in [-0.2, 0) is 11.2 Å². The number of ether oxygens (including phenoxy) is 1. The van der Waals surface area contributed by atoms with E-state index in [1.165, 1.54) is 0 Å². The quantitative estimate of drug-likeness (QED) is 0.802. The Morgan fingerprint density at radius 3 is 2.40 bits per heavy atom. The largest absolute Gasteiger partial charge is 0.390 e. The number of rotatable bonds is 5. The smallest absolute Gasteiger partial charge is 0.0856 e. The summed E-state index contributed by atoms with van der Waals surface area (Å²) >= 11 is 0. The summed E-state index contributed by atoms with van der Waals surface area (Å²) in [6, 6.07) is 3.83. The highest BCUT2D eigenvalue weighted by atomic mass is 16.5. The number of methoxy groups -OCH3 is 1. The van der Waals surface area contributed by atoms with Crippen molar-refractivity contribution in [3.05, 3.63) is 30.1 Å². The third-order valence-electron chi connectivity index (χ3n) is 2.50. The van der Waals surface area contributed by atoms with E-state index >= 15 is 0 Å². The van der Waals surface area contributed by atoms with Crippen molar-refractivity contribution in [2.75, 3.05) is 7.11 Å². The predicted octanol–water partition coefficient (Wildman–Crippen LogP) is 1.66. The topological polar surface area (TPSA) is 42.4 Å². The minimum atomic E-state index is -0.461. The third kappa shape index (κ3) is 3.61. The Balaban J connectivity index is 2.58. The van der Waals surface area contributed by atoms with E-state index in [0.717, 1.165) is 5.56 Å². The molecule has 0 amide bonds. The van der Waals surface area contributed by atoms with E-state index in [2.05, 4.69) is 4.98 Å². The molecule has 0 fully saturated rings. The molecule has 1 aromatic heterocycles. The molecule has 84 valence electrons. The molecule has 3 heteroatoms. The Kier molecular flexibility index (Phi) is 4.72. The molecule has 0 bridgehead atoms. The lowest BCUT2D eigenvalue weighted by molar-refractivity contribution is -0.0368. The monoisotopic (exact) mass is 209 g/mol. The van der Waals surface area contributed by atoms with Crippen molar-refractivity contribution in [3.8, 4) is 0 Å². The molecule has 0 saturated carbocycles. The Labute approximate surface area is 91.1 Å². The second-order valence-electron chi connectivity index (χ2n) is 4.07. The van der Waals surface area contributed by atoms with Crippen LogP contribution in [0.4, 0.5) is 0 Å².